The zero-order valence-electron chi connectivity index (χ0n) is 11.7. The molecule has 0 rings (SSSR count). The summed E-state index contributed by atoms with van der Waals surface area (Å²) in [5.74, 6) is 0.740. The molecule has 0 N–H and O–H groups in total. The first kappa shape index (κ1) is 15.9. The first-order chi connectivity index (χ1) is 7.67. The summed E-state index contributed by atoms with van der Waals surface area (Å²) in [6, 6.07) is 0. The van der Waals surface area contributed by atoms with Crippen molar-refractivity contribution in [3.63, 3.8) is 0 Å². The molecule has 0 aliphatic carbocycles. The van der Waals surface area contributed by atoms with Gasteiger partial charge in [0.2, 0.25) is 0 Å². The summed E-state index contributed by atoms with van der Waals surface area (Å²) in [5, 5.41) is 0. The molecule has 3 nitrogen and oxygen atoms in total. The van der Waals surface area contributed by atoms with Crippen LogP contribution in [0.25, 0.3) is 0 Å². The first-order valence-corrected chi connectivity index (χ1v) is 6.63. The highest BCUT2D eigenvalue weighted by molar-refractivity contribution is 4.62. The smallest absolute Gasteiger partial charge is 0.170 e. The predicted molar refractivity (Wildman–Crippen MR) is 68.6 cm³/mol. The van der Waals surface area contributed by atoms with Gasteiger partial charge in [0.1, 0.15) is 0 Å². The molecule has 0 aliphatic rings. The molecule has 1 unspecified atom stereocenters. The van der Waals surface area contributed by atoms with Crippen molar-refractivity contribution >= 4 is 0 Å². The lowest BCUT2D eigenvalue weighted by Crippen LogP contribution is -2.38. The lowest BCUT2D eigenvalue weighted by atomic mass is 10.1. The molecule has 0 spiro atoms. The first-order valence-electron chi connectivity index (χ1n) is 6.63. The maximum atomic E-state index is 5.57. The van der Waals surface area contributed by atoms with Crippen LogP contribution in [0.1, 0.15) is 41.0 Å². The van der Waals surface area contributed by atoms with E-state index in [9.17, 15) is 0 Å². The van der Waals surface area contributed by atoms with Crippen molar-refractivity contribution in [1.82, 2.24) is 4.90 Å². The Morgan fingerprint density at radius 1 is 0.938 bits per heavy atom. The largest absolute Gasteiger partial charge is 0.352 e. The number of hydrogen-bond donors (Lipinski definition) is 0. The van der Waals surface area contributed by atoms with Crippen LogP contribution in [0.4, 0.5) is 0 Å². The van der Waals surface area contributed by atoms with Crippen LogP contribution in [0.5, 0.6) is 0 Å². The summed E-state index contributed by atoms with van der Waals surface area (Å²) in [6.45, 7) is 15.2. The van der Waals surface area contributed by atoms with Crippen LogP contribution >= 0.6 is 0 Å². The normalized spacial score (nSPS) is 13.7. The molecule has 1 atom stereocenters. The van der Waals surface area contributed by atoms with Gasteiger partial charge in [-0.2, -0.15) is 0 Å². The molecule has 0 aromatic rings. The van der Waals surface area contributed by atoms with E-state index in [1.54, 1.807) is 0 Å². The van der Waals surface area contributed by atoms with Crippen molar-refractivity contribution < 1.29 is 9.47 Å². The van der Waals surface area contributed by atoms with Crippen LogP contribution in [0.15, 0.2) is 0 Å². The van der Waals surface area contributed by atoms with Gasteiger partial charge in [-0.1, -0.05) is 27.2 Å². The Kier molecular flexibility index (Phi) is 9.99. The molecule has 98 valence electrons. The van der Waals surface area contributed by atoms with Crippen molar-refractivity contribution in [1.29, 1.82) is 0 Å². The lowest BCUT2D eigenvalue weighted by Gasteiger charge is -2.28. The van der Waals surface area contributed by atoms with Crippen molar-refractivity contribution in [2.75, 3.05) is 32.8 Å². The molecule has 0 aromatic carbocycles. The summed E-state index contributed by atoms with van der Waals surface area (Å²) in [7, 11) is 0. The standard InChI is InChI=1S/C13H29NO2/c1-6-12(5)10-14(7-2)11-13(15-8-3)16-9-4/h12-13H,6-11H2,1-5H3. The zero-order chi connectivity index (χ0) is 12.4. The molecule has 0 aliphatic heterocycles. The Bertz CT molecular complexity index is 147. The SMILES string of the molecule is CCOC(CN(CC)CC(C)CC)OCC. The van der Waals surface area contributed by atoms with Gasteiger partial charge in [-0.15, -0.1) is 0 Å². The van der Waals surface area contributed by atoms with Crippen LogP contribution in [-0.4, -0.2) is 44.0 Å². The van der Waals surface area contributed by atoms with Crippen LogP contribution in [0.2, 0.25) is 0 Å². The molecule has 0 radical (unpaired) electrons. The van der Waals surface area contributed by atoms with E-state index in [-0.39, 0.29) is 6.29 Å². The monoisotopic (exact) mass is 231 g/mol. The minimum absolute atomic E-state index is 0.0704. The van der Waals surface area contributed by atoms with E-state index < -0.39 is 0 Å². The van der Waals surface area contributed by atoms with Crippen molar-refractivity contribution in [3.8, 4) is 0 Å². The lowest BCUT2D eigenvalue weighted by molar-refractivity contribution is -0.147. The fraction of sp³-hybridized carbons (Fsp3) is 1.00. The third-order valence-corrected chi connectivity index (χ3v) is 2.83. The van der Waals surface area contributed by atoms with Crippen LogP contribution < -0.4 is 0 Å². The molecule has 3 heteroatoms. The Morgan fingerprint density at radius 3 is 1.88 bits per heavy atom. The number of rotatable bonds is 10. The van der Waals surface area contributed by atoms with Crippen LogP contribution in [-0.2, 0) is 9.47 Å². The third-order valence-electron chi connectivity index (χ3n) is 2.83. The number of hydrogen-bond acceptors (Lipinski definition) is 3. The second-order valence-electron chi connectivity index (χ2n) is 4.21. The fourth-order valence-electron chi connectivity index (χ4n) is 1.64. The molecule has 0 saturated carbocycles. The van der Waals surface area contributed by atoms with Gasteiger partial charge in [0.25, 0.3) is 0 Å². The van der Waals surface area contributed by atoms with Gasteiger partial charge in [0.15, 0.2) is 6.29 Å². The highest BCUT2D eigenvalue weighted by Gasteiger charge is 2.14. The van der Waals surface area contributed by atoms with Crippen molar-refractivity contribution in [3.05, 3.63) is 0 Å². The second kappa shape index (κ2) is 10.1. The van der Waals surface area contributed by atoms with Gasteiger partial charge >= 0.3 is 0 Å². The molecular formula is C13H29NO2. The summed E-state index contributed by atoms with van der Waals surface area (Å²) >= 11 is 0. The maximum absolute atomic E-state index is 5.57. The Labute approximate surface area is 101 Å². The summed E-state index contributed by atoms with van der Waals surface area (Å²) < 4.78 is 11.1. The highest BCUT2D eigenvalue weighted by atomic mass is 16.7. The molecule has 0 heterocycles. The quantitative estimate of drug-likeness (QED) is 0.540. The summed E-state index contributed by atoms with van der Waals surface area (Å²) in [6.07, 6.45) is 1.16. The number of ether oxygens (including phenoxy) is 2. The van der Waals surface area contributed by atoms with E-state index in [4.69, 9.17) is 9.47 Å². The van der Waals surface area contributed by atoms with Crippen LogP contribution in [0, 0.1) is 5.92 Å². The summed E-state index contributed by atoms with van der Waals surface area (Å²) in [5.41, 5.74) is 0. The van der Waals surface area contributed by atoms with Gasteiger partial charge in [-0.25, -0.2) is 0 Å². The van der Waals surface area contributed by atoms with Crippen molar-refractivity contribution in [2.45, 2.75) is 47.3 Å². The molecule has 16 heavy (non-hydrogen) atoms. The van der Waals surface area contributed by atoms with E-state index in [0.717, 1.165) is 25.6 Å². The molecule has 0 amide bonds. The van der Waals surface area contributed by atoms with Gasteiger partial charge in [0, 0.05) is 26.3 Å². The van der Waals surface area contributed by atoms with E-state index in [2.05, 4.69) is 25.7 Å². The average Bonchev–Trinajstić information content (AvgIpc) is 2.28. The van der Waals surface area contributed by atoms with Crippen LogP contribution in [0.3, 0.4) is 0 Å². The van der Waals surface area contributed by atoms with E-state index >= 15 is 0 Å². The molecular weight excluding hydrogens is 202 g/mol. The predicted octanol–water partition coefficient (Wildman–Crippen LogP) is 2.75. The summed E-state index contributed by atoms with van der Waals surface area (Å²) in [4.78, 5) is 2.41. The number of likely N-dealkylation sites (N-methyl/N-ethyl adjacent to an activating group) is 1. The minimum atomic E-state index is -0.0704. The Hall–Kier alpha value is -0.120. The van der Waals surface area contributed by atoms with Gasteiger partial charge in [-0.3, -0.25) is 4.90 Å². The van der Waals surface area contributed by atoms with Gasteiger partial charge < -0.3 is 9.47 Å². The van der Waals surface area contributed by atoms with Gasteiger partial charge in [0.05, 0.1) is 0 Å². The van der Waals surface area contributed by atoms with Gasteiger partial charge in [-0.05, 0) is 26.3 Å². The molecule has 0 fully saturated rings. The molecule has 0 aromatic heterocycles. The van der Waals surface area contributed by atoms with Crippen molar-refractivity contribution in [2.24, 2.45) is 5.92 Å². The fourth-order valence-corrected chi connectivity index (χ4v) is 1.64. The minimum Gasteiger partial charge on any atom is -0.352 e. The molecule has 0 bridgehead atoms. The zero-order valence-corrected chi connectivity index (χ0v) is 11.7. The average molecular weight is 231 g/mol. The Morgan fingerprint density at radius 2 is 1.50 bits per heavy atom. The second-order valence-corrected chi connectivity index (χ2v) is 4.21. The third kappa shape index (κ3) is 7.20. The van der Waals surface area contributed by atoms with E-state index in [0.29, 0.717) is 13.2 Å². The Balaban J connectivity index is 4.03. The van der Waals surface area contributed by atoms with E-state index in [1.807, 2.05) is 13.8 Å². The molecule has 0 saturated heterocycles. The van der Waals surface area contributed by atoms with E-state index in [1.165, 1.54) is 6.42 Å². The topological polar surface area (TPSA) is 21.7 Å². The highest BCUT2D eigenvalue weighted by Crippen LogP contribution is 2.06. The maximum Gasteiger partial charge on any atom is 0.170 e. The number of nitrogens with zero attached hydrogens (tertiary/aromatic N) is 1.